The van der Waals surface area contributed by atoms with Crippen LogP contribution in [-0.2, 0) is 9.47 Å². The van der Waals surface area contributed by atoms with Gasteiger partial charge in [-0.25, -0.2) is 0 Å². The van der Waals surface area contributed by atoms with Crippen LogP contribution in [0.15, 0.2) is 23.5 Å². The molecule has 0 saturated heterocycles. The van der Waals surface area contributed by atoms with Gasteiger partial charge in [0.1, 0.15) is 0 Å². The molecule has 3 heteroatoms. The van der Waals surface area contributed by atoms with Crippen LogP contribution in [0.25, 0.3) is 0 Å². The van der Waals surface area contributed by atoms with Crippen LogP contribution in [0.5, 0.6) is 0 Å². The fraction of sp³-hybridized carbons (Fsp3) is 0.600. The van der Waals surface area contributed by atoms with Gasteiger partial charge in [-0.15, -0.1) is 0 Å². The lowest BCUT2D eigenvalue weighted by Crippen LogP contribution is -2.44. The van der Waals surface area contributed by atoms with E-state index in [2.05, 4.69) is 0 Å². The van der Waals surface area contributed by atoms with Gasteiger partial charge in [0.05, 0.1) is 0 Å². The molecule has 0 aromatic heterocycles. The molecule has 1 rings (SSSR count). The first-order valence-corrected chi connectivity index (χ1v) is 4.26. The minimum atomic E-state index is -1.00. The number of aliphatic hydroxyl groups excluding tert-OH is 1. The number of ether oxygens (including phenoxy) is 2. The Morgan fingerprint density at radius 2 is 1.85 bits per heavy atom. The average molecular weight is 184 g/mol. The summed E-state index contributed by atoms with van der Waals surface area (Å²) in [5, 5.41) is 9.67. The second-order valence-electron chi connectivity index (χ2n) is 3.26. The van der Waals surface area contributed by atoms with Gasteiger partial charge in [0, 0.05) is 20.1 Å². The highest BCUT2D eigenvalue weighted by Gasteiger charge is 2.43. The predicted molar refractivity (Wildman–Crippen MR) is 50.4 cm³/mol. The maximum Gasteiger partial charge on any atom is 0.233 e. The molecular weight excluding hydrogens is 168 g/mol. The molecule has 0 aromatic carbocycles. The van der Waals surface area contributed by atoms with Crippen molar-refractivity contribution in [3.8, 4) is 0 Å². The molecule has 0 radical (unpaired) electrons. The van der Waals surface area contributed by atoms with Gasteiger partial charge in [0.15, 0.2) is 5.76 Å². The van der Waals surface area contributed by atoms with Crippen LogP contribution >= 0.6 is 0 Å². The van der Waals surface area contributed by atoms with E-state index in [4.69, 9.17) is 9.47 Å². The summed E-state index contributed by atoms with van der Waals surface area (Å²) in [6.07, 6.45) is 3.48. The Morgan fingerprint density at radius 1 is 1.31 bits per heavy atom. The second kappa shape index (κ2) is 3.52. The lowest BCUT2D eigenvalue weighted by molar-refractivity contribution is -0.220. The van der Waals surface area contributed by atoms with Crippen LogP contribution in [-0.4, -0.2) is 25.1 Å². The summed E-state index contributed by atoms with van der Waals surface area (Å²) in [4.78, 5) is 0. The molecule has 74 valence electrons. The van der Waals surface area contributed by atoms with Crippen molar-refractivity contribution in [2.45, 2.75) is 19.6 Å². The average Bonchev–Trinajstić information content (AvgIpc) is 2.15. The Hall–Kier alpha value is -0.800. The van der Waals surface area contributed by atoms with E-state index in [0.29, 0.717) is 0 Å². The molecule has 0 spiro atoms. The first kappa shape index (κ1) is 10.3. The third-order valence-corrected chi connectivity index (χ3v) is 2.72. The van der Waals surface area contributed by atoms with E-state index in [1.807, 2.05) is 19.9 Å². The van der Waals surface area contributed by atoms with Crippen molar-refractivity contribution in [2.24, 2.45) is 5.92 Å². The van der Waals surface area contributed by atoms with Gasteiger partial charge in [-0.3, -0.25) is 0 Å². The Bertz CT molecular complexity index is 249. The molecule has 1 aliphatic rings. The van der Waals surface area contributed by atoms with E-state index < -0.39 is 5.79 Å². The van der Waals surface area contributed by atoms with Crippen molar-refractivity contribution >= 4 is 0 Å². The zero-order chi connectivity index (χ0) is 10.1. The Balaban J connectivity index is 3.10. The molecule has 0 amide bonds. The van der Waals surface area contributed by atoms with Gasteiger partial charge in [-0.05, 0) is 13.0 Å². The number of aliphatic hydroxyl groups is 1. The topological polar surface area (TPSA) is 38.7 Å². The molecule has 0 aromatic rings. The standard InChI is InChI=1S/C10H16O3/c1-7-5-6-9(11)10(12-3,13-4)8(7)2/h5-6,8,11H,1-4H3. The van der Waals surface area contributed by atoms with Gasteiger partial charge in [0.2, 0.25) is 5.79 Å². The summed E-state index contributed by atoms with van der Waals surface area (Å²) in [6, 6.07) is 0. The summed E-state index contributed by atoms with van der Waals surface area (Å²) in [6.45, 7) is 3.95. The van der Waals surface area contributed by atoms with Gasteiger partial charge >= 0.3 is 0 Å². The highest BCUT2D eigenvalue weighted by Crippen LogP contribution is 2.36. The zero-order valence-electron chi connectivity index (χ0n) is 8.50. The van der Waals surface area contributed by atoms with E-state index in [-0.39, 0.29) is 11.7 Å². The van der Waals surface area contributed by atoms with Crippen LogP contribution in [0.4, 0.5) is 0 Å². The van der Waals surface area contributed by atoms with Crippen LogP contribution in [0, 0.1) is 5.92 Å². The summed E-state index contributed by atoms with van der Waals surface area (Å²) in [5.41, 5.74) is 1.13. The molecule has 1 N–H and O–H groups in total. The number of hydrogen-bond donors (Lipinski definition) is 1. The first-order valence-electron chi connectivity index (χ1n) is 4.26. The van der Waals surface area contributed by atoms with Crippen LogP contribution in [0.3, 0.4) is 0 Å². The fourth-order valence-corrected chi connectivity index (χ4v) is 1.64. The normalized spacial score (nSPS) is 26.6. The SMILES string of the molecule is COC1(OC)C(O)=CC=C(C)C1C. The minimum Gasteiger partial charge on any atom is -0.507 e. The van der Waals surface area contributed by atoms with Crippen molar-refractivity contribution < 1.29 is 14.6 Å². The van der Waals surface area contributed by atoms with Gasteiger partial charge < -0.3 is 14.6 Å². The highest BCUT2D eigenvalue weighted by atomic mass is 16.7. The monoisotopic (exact) mass is 184 g/mol. The van der Waals surface area contributed by atoms with Crippen molar-refractivity contribution in [3.05, 3.63) is 23.5 Å². The molecule has 13 heavy (non-hydrogen) atoms. The number of methoxy groups -OCH3 is 2. The highest BCUT2D eigenvalue weighted by molar-refractivity contribution is 5.28. The third kappa shape index (κ3) is 1.38. The molecule has 1 atom stereocenters. The van der Waals surface area contributed by atoms with Crippen molar-refractivity contribution in [1.29, 1.82) is 0 Å². The maximum absolute atomic E-state index is 9.67. The Kier molecular flexibility index (Phi) is 2.78. The molecule has 0 fully saturated rings. The zero-order valence-corrected chi connectivity index (χ0v) is 8.50. The Labute approximate surface area is 78.7 Å². The molecule has 0 aliphatic heterocycles. The van der Waals surface area contributed by atoms with E-state index in [1.165, 1.54) is 14.2 Å². The lowest BCUT2D eigenvalue weighted by Gasteiger charge is -2.38. The van der Waals surface area contributed by atoms with E-state index >= 15 is 0 Å². The van der Waals surface area contributed by atoms with Crippen molar-refractivity contribution in [1.82, 2.24) is 0 Å². The van der Waals surface area contributed by atoms with Gasteiger partial charge in [-0.2, -0.15) is 0 Å². The van der Waals surface area contributed by atoms with Crippen LogP contribution in [0.1, 0.15) is 13.8 Å². The summed E-state index contributed by atoms with van der Waals surface area (Å²) in [5.74, 6) is -0.859. The number of allylic oxidation sites excluding steroid dienone is 2. The van der Waals surface area contributed by atoms with Gasteiger partial charge in [-0.1, -0.05) is 18.6 Å². The maximum atomic E-state index is 9.67. The van der Waals surface area contributed by atoms with Crippen LogP contribution < -0.4 is 0 Å². The van der Waals surface area contributed by atoms with Crippen LogP contribution in [0.2, 0.25) is 0 Å². The molecule has 0 saturated carbocycles. The molecule has 1 aliphatic carbocycles. The minimum absolute atomic E-state index is 0.0208. The van der Waals surface area contributed by atoms with Crippen molar-refractivity contribution in [3.63, 3.8) is 0 Å². The Morgan fingerprint density at radius 3 is 2.23 bits per heavy atom. The van der Waals surface area contributed by atoms with E-state index in [9.17, 15) is 5.11 Å². The summed E-state index contributed by atoms with van der Waals surface area (Å²) >= 11 is 0. The number of hydrogen-bond acceptors (Lipinski definition) is 3. The summed E-state index contributed by atoms with van der Waals surface area (Å²) < 4.78 is 10.5. The number of rotatable bonds is 2. The lowest BCUT2D eigenvalue weighted by atomic mass is 9.87. The fourth-order valence-electron chi connectivity index (χ4n) is 1.64. The first-order chi connectivity index (χ1) is 6.08. The van der Waals surface area contributed by atoms with E-state index in [0.717, 1.165) is 5.57 Å². The molecule has 3 nitrogen and oxygen atoms in total. The predicted octanol–water partition coefficient (Wildman–Crippen LogP) is 2.01. The molecule has 0 heterocycles. The quantitative estimate of drug-likeness (QED) is 0.667. The van der Waals surface area contributed by atoms with Crippen molar-refractivity contribution in [2.75, 3.05) is 14.2 Å². The third-order valence-electron chi connectivity index (χ3n) is 2.72. The largest absolute Gasteiger partial charge is 0.507 e. The second-order valence-corrected chi connectivity index (χ2v) is 3.26. The molecule has 1 unspecified atom stereocenters. The molecule has 0 bridgehead atoms. The summed E-state index contributed by atoms with van der Waals surface area (Å²) in [7, 11) is 3.06. The molecular formula is C10H16O3. The smallest absolute Gasteiger partial charge is 0.233 e. The van der Waals surface area contributed by atoms with E-state index in [1.54, 1.807) is 6.08 Å². The van der Waals surface area contributed by atoms with Gasteiger partial charge in [0.25, 0.3) is 0 Å².